The molecule has 78 valence electrons. The Balaban J connectivity index is 3.10. The van der Waals surface area contributed by atoms with Crippen molar-refractivity contribution in [2.75, 3.05) is 7.11 Å². The molecule has 1 rings (SSSR count). The lowest BCUT2D eigenvalue weighted by Gasteiger charge is -2.12. The van der Waals surface area contributed by atoms with Gasteiger partial charge >= 0.3 is 0 Å². The van der Waals surface area contributed by atoms with Gasteiger partial charge in [0, 0.05) is 5.56 Å². The van der Waals surface area contributed by atoms with Crippen LogP contribution in [0, 0.1) is 5.82 Å². The predicted octanol–water partition coefficient (Wildman–Crippen LogP) is 3.38. The van der Waals surface area contributed by atoms with Crippen molar-refractivity contribution in [3.63, 3.8) is 0 Å². The summed E-state index contributed by atoms with van der Waals surface area (Å²) < 4.78 is 42.0. The molecule has 0 amide bonds. The fourth-order valence-corrected chi connectivity index (χ4v) is 1.23. The van der Waals surface area contributed by atoms with E-state index in [0.29, 0.717) is 0 Å². The van der Waals surface area contributed by atoms with Crippen LogP contribution in [0.3, 0.4) is 0 Å². The van der Waals surface area contributed by atoms with E-state index in [-0.39, 0.29) is 11.3 Å². The van der Waals surface area contributed by atoms with E-state index in [4.69, 9.17) is 16.3 Å². The maximum Gasteiger partial charge on any atom is 0.258 e. The summed E-state index contributed by atoms with van der Waals surface area (Å²) >= 11 is 5.40. The van der Waals surface area contributed by atoms with Crippen LogP contribution in [0.25, 0.3) is 0 Å². The Morgan fingerprint density at radius 3 is 2.50 bits per heavy atom. The fraction of sp³-hybridized carbons (Fsp3) is 0.333. The van der Waals surface area contributed by atoms with Crippen LogP contribution in [0.15, 0.2) is 18.2 Å². The van der Waals surface area contributed by atoms with Gasteiger partial charge in [0.1, 0.15) is 16.9 Å². The molecule has 1 atom stereocenters. The summed E-state index contributed by atoms with van der Waals surface area (Å²) in [5.74, 6) is -0.459. The number of halogens is 4. The van der Waals surface area contributed by atoms with Crippen LogP contribution in [0.4, 0.5) is 13.2 Å². The van der Waals surface area contributed by atoms with Crippen molar-refractivity contribution in [1.82, 2.24) is 0 Å². The Bertz CT molecular complexity index is 317. The van der Waals surface area contributed by atoms with Crippen LogP contribution in [-0.4, -0.2) is 13.5 Å². The fourth-order valence-electron chi connectivity index (χ4n) is 1.06. The molecule has 1 aromatic rings. The lowest BCUT2D eigenvalue weighted by molar-refractivity contribution is 0.141. The molecule has 0 saturated heterocycles. The first-order chi connectivity index (χ1) is 6.56. The van der Waals surface area contributed by atoms with E-state index in [0.717, 1.165) is 12.1 Å². The summed E-state index contributed by atoms with van der Waals surface area (Å²) in [6.45, 7) is 0. The van der Waals surface area contributed by atoms with Gasteiger partial charge in [-0.15, -0.1) is 11.6 Å². The molecule has 14 heavy (non-hydrogen) atoms. The summed E-state index contributed by atoms with van der Waals surface area (Å²) in [5, 5.41) is -1.55. The average molecular weight is 225 g/mol. The minimum absolute atomic E-state index is 0.0378. The van der Waals surface area contributed by atoms with Gasteiger partial charge in [-0.25, -0.2) is 13.2 Å². The molecule has 0 heterocycles. The van der Waals surface area contributed by atoms with Gasteiger partial charge in [-0.1, -0.05) is 0 Å². The van der Waals surface area contributed by atoms with E-state index in [1.54, 1.807) is 0 Å². The SMILES string of the molecule is COc1ccc(F)cc1C(Cl)C(F)F. The zero-order valence-corrected chi connectivity index (χ0v) is 8.06. The molecule has 1 aromatic carbocycles. The highest BCUT2D eigenvalue weighted by Gasteiger charge is 2.23. The molecule has 0 N–H and O–H groups in total. The Kier molecular flexibility index (Phi) is 3.63. The standard InChI is InChI=1S/C9H8ClF3O/c1-14-7-3-2-5(11)4-6(7)8(10)9(12)13/h2-4,8-9H,1H3. The molecule has 0 aromatic heterocycles. The third kappa shape index (κ3) is 2.32. The second-order valence-electron chi connectivity index (χ2n) is 2.62. The normalized spacial score (nSPS) is 13.0. The van der Waals surface area contributed by atoms with Gasteiger partial charge in [-0.3, -0.25) is 0 Å². The number of alkyl halides is 3. The molecule has 1 nitrogen and oxygen atoms in total. The summed E-state index contributed by atoms with van der Waals surface area (Å²) in [7, 11) is 1.31. The van der Waals surface area contributed by atoms with Crippen molar-refractivity contribution in [2.45, 2.75) is 11.8 Å². The third-order valence-corrected chi connectivity index (χ3v) is 2.14. The largest absolute Gasteiger partial charge is 0.496 e. The minimum atomic E-state index is -2.76. The van der Waals surface area contributed by atoms with Gasteiger partial charge in [-0.2, -0.15) is 0 Å². The molecule has 0 spiro atoms. The van der Waals surface area contributed by atoms with E-state index in [2.05, 4.69) is 0 Å². The van der Waals surface area contributed by atoms with Crippen LogP contribution in [-0.2, 0) is 0 Å². The van der Waals surface area contributed by atoms with Crippen molar-refractivity contribution in [2.24, 2.45) is 0 Å². The topological polar surface area (TPSA) is 9.23 Å². The Morgan fingerprint density at radius 2 is 2.00 bits per heavy atom. The van der Waals surface area contributed by atoms with Crippen molar-refractivity contribution >= 4 is 11.6 Å². The van der Waals surface area contributed by atoms with E-state index in [1.807, 2.05) is 0 Å². The number of rotatable bonds is 3. The Labute approximate surface area is 84.4 Å². The minimum Gasteiger partial charge on any atom is -0.496 e. The van der Waals surface area contributed by atoms with Gasteiger partial charge in [0.2, 0.25) is 0 Å². The lowest BCUT2D eigenvalue weighted by atomic mass is 10.1. The second-order valence-corrected chi connectivity index (χ2v) is 3.09. The van der Waals surface area contributed by atoms with Gasteiger partial charge in [0.15, 0.2) is 0 Å². The molecule has 0 aliphatic carbocycles. The zero-order valence-electron chi connectivity index (χ0n) is 7.31. The Hall–Kier alpha value is -0.900. The molecular weight excluding hydrogens is 217 g/mol. The first-order valence-corrected chi connectivity index (χ1v) is 4.25. The predicted molar refractivity (Wildman–Crippen MR) is 47.6 cm³/mol. The van der Waals surface area contributed by atoms with E-state index in [9.17, 15) is 13.2 Å². The molecule has 0 aliphatic rings. The molecule has 0 bridgehead atoms. The lowest BCUT2D eigenvalue weighted by Crippen LogP contribution is -2.04. The van der Waals surface area contributed by atoms with Crippen LogP contribution in [0.2, 0.25) is 0 Å². The summed E-state index contributed by atoms with van der Waals surface area (Å²) in [6.07, 6.45) is -2.76. The molecule has 0 aliphatic heterocycles. The molecule has 5 heteroatoms. The van der Waals surface area contributed by atoms with Crippen molar-refractivity contribution in [3.05, 3.63) is 29.6 Å². The quantitative estimate of drug-likeness (QED) is 0.716. The third-order valence-electron chi connectivity index (χ3n) is 1.71. The average Bonchev–Trinajstić information content (AvgIpc) is 2.16. The van der Waals surface area contributed by atoms with Gasteiger partial charge < -0.3 is 4.74 Å². The smallest absolute Gasteiger partial charge is 0.258 e. The first kappa shape index (κ1) is 11.2. The maximum absolute atomic E-state index is 12.7. The van der Waals surface area contributed by atoms with Crippen LogP contribution in [0.5, 0.6) is 5.75 Å². The summed E-state index contributed by atoms with van der Waals surface area (Å²) in [6, 6.07) is 3.34. The maximum atomic E-state index is 12.7. The van der Waals surface area contributed by atoms with Gasteiger partial charge in [0.05, 0.1) is 7.11 Å². The number of hydrogen-bond acceptors (Lipinski definition) is 1. The van der Waals surface area contributed by atoms with E-state index in [1.165, 1.54) is 13.2 Å². The number of hydrogen-bond donors (Lipinski definition) is 0. The van der Waals surface area contributed by atoms with Crippen LogP contribution in [0.1, 0.15) is 10.9 Å². The van der Waals surface area contributed by atoms with Gasteiger partial charge in [-0.05, 0) is 18.2 Å². The van der Waals surface area contributed by atoms with Crippen molar-refractivity contribution in [1.29, 1.82) is 0 Å². The van der Waals surface area contributed by atoms with E-state index < -0.39 is 17.6 Å². The number of ether oxygens (including phenoxy) is 1. The van der Waals surface area contributed by atoms with Crippen molar-refractivity contribution in [3.8, 4) is 5.75 Å². The summed E-state index contributed by atoms with van der Waals surface area (Å²) in [5.41, 5.74) is -0.0378. The molecule has 1 unspecified atom stereocenters. The second kappa shape index (κ2) is 4.55. The van der Waals surface area contributed by atoms with Crippen LogP contribution < -0.4 is 4.74 Å². The zero-order chi connectivity index (χ0) is 10.7. The van der Waals surface area contributed by atoms with Crippen LogP contribution >= 0.6 is 11.6 Å². The van der Waals surface area contributed by atoms with Gasteiger partial charge in [0.25, 0.3) is 6.43 Å². The molecule has 0 saturated carbocycles. The first-order valence-electron chi connectivity index (χ1n) is 3.82. The molecule has 0 fully saturated rings. The Morgan fingerprint density at radius 1 is 1.36 bits per heavy atom. The molecule has 0 radical (unpaired) electrons. The number of benzene rings is 1. The highest BCUT2D eigenvalue weighted by molar-refractivity contribution is 6.21. The van der Waals surface area contributed by atoms with Crippen molar-refractivity contribution < 1.29 is 17.9 Å². The highest BCUT2D eigenvalue weighted by Crippen LogP contribution is 2.34. The summed E-state index contributed by atoms with van der Waals surface area (Å²) in [4.78, 5) is 0. The highest BCUT2D eigenvalue weighted by atomic mass is 35.5. The number of methoxy groups -OCH3 is 1. The molecular formula is C9H8ClF3O. The monoisotopic (exact) mass is 224 g/mol. The van der Waals surface area contributed by atoms with E-state index >= 15 is 0 Å².